The Morgan fingerprint density at radius 1 is 1.25 bits per heavy atom. The highest BCUT2D eigenvalue weighted by Gasteiger charge is 2.19. The third-order valence-corrected chi connectivity index (χ3v) is 3.45. The summed E-state index contributed by atoms with van der Waals surface area (Å²) >= 11 is 3.38. The molecule has 0 N–H and O–H groups in total. The number of carbonyl (C=O) groups excluding carboxylic acids is 1. The highest BCUT2D eigenvalue weighted by atomic mass is 79.9. The van der Waals surface area contributed by atoms with Gasteiger partial charge in [0.1, 0.15) is 5.82 Å². The molecule has 1 amide bonds. The van der Waals surface area contributed by atoms with Crippen LogP contribution in [-0.4, -0.2) is 12.5 Å². The summed E-state index contributed by atoms with van der Waals surface area (Å²) in [6.45, 7) is 4.15. The van der Waals surface area contributed by atoms with Gasteiger partial charge in [0, 0.05) is 16.6 Å². The van der Waals surface area contributed by atoms with Crippen molar-refractivity contribution in [2.75, 3.05) is 11.4 Å². The molecule has 0 aliphatic rings. The summed E-state index contributed by atoms with van der Waals surface area (Å²) in [5, 5.41) is 0. The summed E-state index contributed by atoms with van der Waals surface area (Å²) < 4.78 is 14.7. The van der Waals surface area contributed by atoms with Gasteiger partial charge in [0.25, 0.3) is 5.91 Å². The molecule has 104 valence electrons. The van der Waals surface area contributed by atoms with Gasteiger partial charge >= 0.3 is 0 Å². The van der Waals surface area contributed by atoms with Gasteiger partial charge in [-0.3, -0.25) is 4.79 Å². The van der Waals surface area contributed by atoms with E-state index in [2.05, 4.69) is 15.9 Å². The zero-order chi connectivity index (χ0) is 14.7. The second-order valence-electron chi connectivity index (χ2n) is 4.52. The molecular weight excluding hydrogens is 321 g/mol. The van der Waals surface area contributed by atoms with Gasteiger partial charge in [-0.05, 0) is 49.7 Å². The largest absolute Gasteiger partial charge is 0.306 e. The second-order valence-corrected chi connectivity index (χ2v) is 5.43. The average Bonchev–Trinajstić information content (AvgIpc) is 2.40. The molecule has 0 atom stereocenters. The van der Waals surface area contributed by atoms with Crippen molar-refractivity contribution < 1.29 is 9.18 Å². The lowest BCUT2D eigenvalue weighted by Gasteiger charge is -2.22. The van der Waals surface area contributed by atoms with Crippen LogP contribution in [-0.2, 0) is 0 Å². The summed E-state index contributed by atoms with van der Waals surface area (Å²) in [6, 6.07) is 11.8. The molecule has 0 saturated heterocycles. The van der Waals surface area contributed by atoms with Crippen molar-refractivity contribution in [2.24, 2.45) is 0 Å². The Kier molecular flexibility index (Phi) is 4.55. The number of hydrogen-bond donors (Lipinski definition) is 0. The first-order chi connectivity index (χ1) is 9.52. The SMILES string of the molecule is CCN(C(=O)c1cc(C)cc(Br)c1)c1ccccc1F. The normalized spacial score (nSPS) is 10.4. The lowest BCUT2D eigenvalue weighted by Crippen LogP contribution is -2.31. The first-order valence-electron chi connectivity index (χ1n) is 6.36. The number of halogens is 2. The van der Waals surface area contributed by atoms with E-state index in [1.807, 2.05) is 19.9 Å². The number of hydrogen-bond acceptors (Lipinski definition) is 1. The topological polar surface area (TPSA) is 20.3 Å². The van der Waals surface area contributed by atoms with E-state index in [0.29, 0.717) is 17.8 Å². The fraction of sp³-hybridized carbons (Fsp3) is 0.188. The summed E-state index contributed by atoms with van der Waals surface area (Å²) in [6.07, 6.45) is 0. The Morgan fingerprint density at radius 3 is 2.55 bits per heavy atom. The highest BCUT2D eigenvalue weighted by Crippen LogP contribution is 2.23. The van der Waals surface area contributed by atoms with Crippen molar-refractivity contribution >= 4 is 27.5 Å². The average molecular weight is 336 g/mol. The molecule has 2 nitrogen and oxygen atoms in total. The lowest BCUT2D eigenvalue weighted by atomic mass is 10.1. The molecule has 0 saturated carbocycles. The predicted octanol–water partition coefficient (Wildman–Crippen LogP) is 4.56. The zero-order valence-electron chi connectivity index (χ0n) is 11.4. The number of anilines is 1. The Hall–Kier alpha value is -1.68. The summed E-state index contributed by atoms with van der Waals surface area (Å²) in [4.78, 5) is 14.0. The Balaban J connectivity index is 2.42. The molecule has 0 bridgehead atoms. The minimum atomic E-state index is -0.394. The van der Waals surface area contributed by atoms with E-state index in [4.69, 9.17) is 0 Å². The third-order valence-electron chi connectivity index (χ3n) is 2.99. The van der Waals surface area contributed by atoms with Crippen LogP contribution in [0.1, 0.15) is 22.8 Å². The molecule has 0 fully saturated rings. The van der Waals surface area contributed by atoms with Gasteiger partial charge in [0.2, 0.25) is 0 Å². The first-order valence-corrected chi connectivity index (χ1v) is 7.16. The van der Waals surface area contributed by atoms with Crippen LogP contribution in [0.5, 0.6) is 0 Å². The maximum absolute atomic E-state index is 13.9. The number of nitrogens with zero attached hydrogens (tertiary/aromatic N) is 1. The molecule has 0 unspecified atom stereocenters. The van der Waals surface area contributed by atoms with Crippen molar-refractivity contribution in [3.05, 3.63) is 63.9 Å². The lowest BCUT2D eigenvalue weighted by molar-refractivity contribution is 0.0987. The van der Waals surface area contributed by atoms with Crippen molar-refractivity contribution in [3.63, 3.8) is 0 Å². The van der Waals surface area contributed by atoms with Crippen LogP contribution in [0, 0.1) is 12.7 Å². The summed E-state index contributed by atoms with van der Waals surface area (Å²) in [7, 11) is 0. The maximum Gasteiger partial charge on any atom is 0.258 e. The van der Waals surface area contributed by atoms with E-state index in [1.54, 1.807) is 30.3 Å². The molecule has 4 heteroatoms. The number of amides is 1. The number of para-hydroxylation sites is 1. The number of benzene rings is 2. The number of aryl methyl sites for hydroxylation is 1. The van der Waals surface area contributed by atoms with Crippen LogP contribution in [0.2, 0.25) is 0 Å². The Labute approximate surface area is 126 Å². The molecule has 2 aromatic rings. The van der Waals surface area contributed by atoms with E-state index < -0.39 is 5.82 Å². The molecule has 20 heavy (non-hydrogen) atoms. The fourth-order valence-electron chi connectivity index (χ4n) is 2.11. The molecular formula is C16H15BrFNO. The summed E-state index contributed by atoms with van der Waals surface area (Å²) in [5.41, 5.74) is 1.83. The monoisotopic (exact) mass is 335 g/mol. The molecule has 0 aliphatic carbocycles. The van der Waals surface area contributed by atoms with Gasteiger partial charge in [0.15, 0.2) is 0 Å². The fourth-order valence-corrected chi connectivity index (χ4v) is 2.72. The molecule has 2 rings (SSSR count). The van der Waals surface area contributed by atoms with Crippen molar-refractivity contribution in [1.29, 1.82) is 0 Å². The van der Waals surface area contributed by atoms with E-state index >= 15 is 0 Å². The van der Waals surface area contributed by atoms with E-state index in [9.17, 15) is 9.18 Å². The van der Waals surface area contributed by atoms with E-state index in [0.717, 1.165) is 10.0 Å². The number of rotatable bonds is 3. The molecule has 0 aromatic heterocycles. The molecule has 0 spiro atoms. The number of carbonyl (C=O) groups is 1. The van der Waals surface area contributed by atoms with Crippen LogP contribution < -0.4 is 4.90 Å². The molecule has 0 radical (unpaired) electrons. The van der Waals surface area contributed by atoms with Gasteiger partial charge in [-0.2, -0.15) is 0 Å². The van der Waals surface area contributed by atoms with Gasteiger partial charge in [0.05, 0.1) is 5.69 Å². The van der Waals surface area contributed by atoms with Crippen LogP contribution >= 0.6 is 15.9 Å². The van der Waals surface area contributed by atoms with Gasteiger partial charge in [-0.1, -0.05) is 28.1 Å². The van der Waals surface area contributed by atoms with Crippen molar-refractivity contribution in [3.8, 4) is 0 Å². The third kappa shape index (κ3) is 3.07. The maximum atomic E-state index is 13.9. The van der Waals surface area contributed by atoms with Crippen molar-refractivity contribution in [1.82, 2.24) is 0 Å². The van der Waals surface area contributed by atoms with Crippen LogP contribution in [0.25, 0.3) is 0 Å². The predicted molar refractivity (Wildman–Crippen MR) is 82.6 cm³/mol. The molecule has 2 aromatic carbocycles. The first kappa shape index (κ1) is 14.7. The van der Waals surface area contributed by atoms with E-state index in [1.165, 1.54) is 11.0 Å². The molecule has 0 aliphatic heterocycles. The van der Waals surface area contributed by atoms with Gasteiger partial charge in [-0.25, -0.2) is 4.39 Å². The minimum Gasteiger partial charge on any atom is -0.306 e. The smallest absolute Gasteiger partial charge is 0.258 e. The van der Waals surface area contributed by atoms with Crippen LogP contribution in [0.3, 0.4) is 0 Å². The van der Waals surface area contributed by atoms with Gasteiger partial charge in [-0.15, -0.1) is 0 Å². The molecule has 0 heterocycles. The summed E-state index contributed by atoms with van der Waals surface area (Å²) in [5.74, 6) is -0.601. The Bertz CT molecular complexity index is 622. The quantitative estimate of drug-likeness (QED) is 0.804. The van der Waals surface area contributed by atoms with Gasteiger partial charge < -0.3 is 4.90 Å². The zero-order valence-corrected chi connectivity index (χ0v) is 12.9. The standard InChI is InChI=1S/C16H15BrFNO/c1-3-19(15-7-5-4-6-14(15)18)16(20)12-8-11(2)9-13(17)10-12/h4-10H,3H2,1-2H3. The van der Waals surface area contributed by atoms with Crippen molar-refractivity contribution in [2.45, 2.75) is 13.8 Å². The highest BCUT2D eigenvalue weighted by molar-refractivity contribution is 9.10. The van der Waals surface area contributed by atoms with Crippen LogP contribution in [0.15, 0.2) is 46.9 Å². The minimum absolute atomic E-state index is 0.206. The van der Waals surface area contributed by atoms with E-state index in [-0.39, 0.29) is 5.91 Å². The van der Waals surface area contributed by atoms with Crippen LogP contribution in [0.4, 0.5) is 10.1 Å². The second kappa shape index (κ2) is 6.18. The Morgan fingerprint density at radius 2 is 1.95 bits per heavy atom.